The van der Waals surface area contributed by atoms with E-state index in [9.17, 15) is 9.59 Å². The fourth-order valence-corrected chi connectivity index (χ4v) is 2.41. The van der Waals surface area contributed by atoms with E-state index in [4.69, 9.17) is 4.74 Å². The molecule has 0 aromatic heterocycles. The van der Waals surface area contributed by atoms with Crippen molar-refractivity contribution < 1.29 is 14.3 Å². The molecular formula is C9H14O3S. The first-order chi connectivity index (χ1) is 6.00. The van der Waals surface area contributed by atoms with Gasteiger partial charge in [0, 0.05) is 6.42 Å². The predicted molar refractivity (Wildman–Crippen MR) is 51.7 cm³/mol. The Morgan fingerprint density at radius 2 is 2.31 bits per heavy atom. The van der Waals surface area contributed by atoms with Crippen molar-refractivity contribution >= 4 is 23.5 Å². The molecule has 0 spiro atoms. The number of Topliss-reactive ketones (excluding diaryl/α,β-unsaturated/α-hetero) is 1. The third-order valence-electron chi connectivity index (χ3n) is 2.07. The monoisotopic (exact) mass is 202 g/mol. The van der Waals surface area contributed by atoms with Gasteiger partial charge in [-0.05, 0) is 20.8 Å². The molecule has 1 fully saturated rings. The largest absolute Gasteiger partial charge is 0.462 e. The van der Waals surface area contributed by atoms with Gasteiger partial charge in [-0.25, -0.2) is 0 Å². The minimum Gasteiger partial charge on any atom is -0.462 e. The first kappa shape index (κ1) is 10.6. The molecule has 74 valence electrons. The molecule has 4 heteroatoms. The molecule has 3 atom stereocenters. The van der Waals surface area contributed by atoms with Gasteiger partial charge in [-0.3, -0.25) is 9.59 Å². The van der Waals surface area contributed by atoms with Crippen molar-refractivity contribution in [2.75, 3.05) is 0 Å². The van der Waals surface area contributed by atoms with E-state index in [1.807, 2.05) is 13.8 Å². The quantitative estimate of drug-likeness (QED) is 0.649. The topological polar surface area (TPSA) is 43.4 Å². The molecule has 13 heavy (non-hydrogen) atoms. The SMILES string of the molecule is CC(=O)C(C)SC1CC(C)OC1=O. The van der Waals surface area contributed by atoms with Crippen molar-refractivity contribution in [1.82, 2.24) is 0 Å². The van der Waals surface area contributed by atoms with Crippen LogP contribution in [0.5, 0.6) is 0 Å². The van der Waals surface area contributed by atoms with Gasteiger partial charge in [-0.15, -0.1) is 11.8 Å². The van der Waals surface area contributed by atoms with Gasteiger partial charge in [0.2, 0.25) is 0 Å². The van der Waals surface area contributed by atoms with Gasteiger partial charge in [-0.1, -0.05) is 0 Å². The number of esters is 1. The average Bonchev–Trinajstić information content (AvgIpc) is 2.30. The molecule has 0 saturated carbocycles. The molecule has 1 aliphatic rings. The summed E-state index contributed by atoms with van der Waals surface area (Å²) in [7, 11) is 0. The predicted octanol–water partition coefficient (Wildman–Crippen LogP) is 1.40. The molecule has 0 bridgehead atoms. The van der Waals surface area contributed by atoms with Crippen molar-refractivity contribution in [2.24, 2.45) is 0 Å². The van der Waals surface area contributed by atoms with Crippen LogP contribution in [-0.2, 0) is 14.3 Å². The summed E-state index contributed by atoms with van der Waals surface area (Å²) in [6.45, 7) is 5.24. The third-order valence-corrected chi connectivity index (χ3v) is 3.52. The number of thioether (sulfide) groups is 1. The van der Waals surface area contributed by atoms with E-state index in [0.717, 1.165) is 6.42 Å². The number of ether oxygens (including phenoxy) is 1. The zero-order valence-electron chi connectivity index (χ0n) is 8.07. The Bertz CT molecular complexity index is 227. The molecule has 3 nitrogen and oxygen atoms in total. The van der Waals surface area contributed by atoms with Crippen LogP contribution >= 0.6 is 11.8 Å². The van der Waals surface area contributed by atoms with Crippen LogP contribution in [0.15, 0.2) is 0 Å². The van der Waals surface area contributed by atoms with Crippen LogP contribution in [0.3, 0.4) is 0 Å². The maximum atomic E-state index is 11.2. The minimum atomic E-state index is -0.175. The molecule has 0 aromatic carbocycles. The van der Waals surface area contributed by atoms with E-state index < -0.39 is 0 Å². The average molecular weight is 202 g/mol. The fourth-order valence-electron chi connectivity index (χ4n) is 1.17. The molecule has 0 radical (unpaired) electrons. The second-order valence-corrected chi connectivity index (χ2v) is 4.91. The Hall–Kier alpha value is -0.510. The first-order valence-corrected chi connectivity index (χ1v) is 5.31. The lowest BCUT2D eigenvalue weighted by Crippen LogP contribution is -2.18. The Balaban J connectivity index is 2.46. The highest BCUT2D eigenvalue weighted by Gasteiger charge is 2.34. The molecule has 1 rings (SSSR count). The molecule has 0 N–H and O–H groups in total. The highest BCUT2D eigenvalue weighted by atomic mass is 32.2. The van der Waals surface area contributed by atoms with E-state index in [1.165, 1.54) is 11.8 Å². The lowest BCUT2D eigenvalue weighted by molar-refractivity contribution is -0.140. The summed E-state index contributed by atoms with van der Waals surface area (Å²) in [5.41, 5.74) is 0. The van der Waals surface area contributed by atoms with Crippen LogP contribution < -0.4 is 0 Å². The summed E-state index contributed by atoms with van der Waals surface area (Å²) in [5.74, 6) is -0.0667. The third kappa shape index (κ3) is 2.72. The lowest BCUT2D eigenvalue weighted by atomic mass is 10.3. The standard InChI is InChI=1S/C9H14O3S/c1-5-4-8(9(11)12-5)13-7(3)6(2)10/h5,7-8H,4H2,1-3H3. The van der Waals surface area contributed by atoms with Gasteiger partial charge >= 0.3 is 5.97 Å². The van der Waals surface area contributed by atoms with E-state index in [-0.39, 0.29) is 28.4 Å². The number of hydrogen-bond acceptors (Lipinski definition) is 4. The molecule has 1 aliphatic heterocycles. The Labute approximate surface area is 82.2 Å². The van der Waals surface area contributed by atoms with Gasteiger partial charge < -0.3 is 4.74 Å². The summed E-state index contributed by atoms with van der Waals surface area (Å²) >= 11 is 1.40. The van der Waals surface area contributed by atoms with Gasteiger partial charge in [0.25, 0.3) is 0 Å². The Morgan fingerprint density at radius 3 is 2.69 bits per heavy atom. The van der Waals surface area contributed by atoms with Crippen molar-refractivity contribution in [3.63, 3.8) is 0 Å². The van der Waals surface area contributed by atoms with Crippen LogP contribution in [0, 0.1) is 0 Å². The van der Waals surface area contributed by atoms with E-state index in [2.05, 4.69) is 0 Å². The summed E-state index contributed by atoms with van der Waals surface area (Å²) in [5, 5.41) is -0.253. The fraction of sp³-hybridized carbons (Fsp3) is 0.778. The summed E-state index contributed by atoms with van der Waals surface area (Å²) < 4.78 is 4.98. The van der Waals surface area contributed by atoms with Crippen molar-refractivity contribution in [3.8, 4) is 0 Å². The van der Waals surface area contributed by atoms with Gasteiger partial charge in [0.15, 0.2) is 0 Å². The second-order valence-electron chi connectivity index (χ2n) is 3.36. The second kappa shape index (κ2) is 4.13. The van der Waals surface area contributed by atoms with Gasteiger partial charge in [0.1, 0.15) is 17.1 Å². The van der Waals surface area contributed by atoms with Crippen molar-refractivity contribution in [1.29, 1.82) is 0 Å². The summed E-state index contributed by atoms with van der Waals surface area (Å²) in [6, 6.07) is 0. The molecule has 1 heterocycles. The van der Waals surface area contributed by atoms with E-state index >= 15 is 0 Å². The van der Waals surface area contributed by atoms with Crippen LogP contribution in [-0.4, -0.2) is 28.4 Å². The van der Waals surface area contributed by atoms with Crippen LogP contribution in [0.25, 0.3) is 0 Å². The number of cyclic esters (lactones) is 1. The molecule has 3 unspecified atom stereocenters. The van der Waals surface area contributed by atoms with Gasteiger partial charge in [0.05, 0.1) is 5.25 Å². The number of ketones is 1. The lowest BCUT2D eigenvalue weighted by Gasteiger charge is -2.09. The summed E-state index contributed by atoms with van der Waals surface area (Å²) in [6.07, 6.45) is 0.727. The van der Waals surface area contributed by atoms with Crippen molar-refractivity contribution in [3.05, 3.63) is 0 Å². The van der Waals surface area contributed by atoms with E-state index in [0.29, 0.717) is 0 Å². The normalized spacial score (nSPS) is 29.9. The van der Waals surface area contributed by atoms with E-state index in [1.54, 1.807) is 6.92 Å². The highest BCUT2D eigenvalue weighted by Crippen LogP contribution is 2.29. The van der Waals surface area contributed by atoms with Gasteiger partial charge in [-0.2, -0.15) is 0 Å². The van der Waals surface area contributed by atoms with Crippen LogP contribution in [0.1, 0.15) is 27.2 Å². The zero-order chi connectivity index (χ0) is 10.0. The van der Waals surface area contributed by atoms with Crippen LogP contribution in [0.4, 0.5) is 0 Å². The maximum Gasteiger partial charge on any atom is 0.319 e. The number of carbonyl (C=O) groups excluding carboxylic acids is 2. The molecular weight excluding hydrogens is 188 g/mol. The Kier molecular flexibility index (Phi) is 3.36. The van der Waals surface area contributed by atoms with Crippen molar-refractivity contribution in [2.45, 2.75) is 43.8 Å². The summed E-state index contributed by atoms with van der Waals surface area (Å²) in [4.78, 5) is 22.1. The number of rotatable bonds is 3. The Morgan fingerprint density at radius 1 is 1.69 bits per heavy atom. The molecule has 1 saturated heterocycles. The maximum absolute atomic E-state index is 11.2. The molecule has 0 aliphatic carbocycles. The number of hydrogen-bond donors (Lipinski definition) is 0. The highest BCUT2D eigenvalue weighted by molar-refractivity contribution is 8.01. The minimum absolute atomic E-state index is 0.00385. The first-order valence-electron chi connectivity index (χ1n) is 4.37. The molecule has 0 amide bonds. The number of carbonyl (C=O) groups is 2. The molecule has 0 aromatic rings. The van der Waals surface area contributed by atoms with Crippen LogP contribution in [0.2, 0.25) is 0 Å². The smallest absolute Gasteiger partial charge is 0.319 e. The zero-order valence-corrected chi connectivity index (χ0v) is 8.89.